The molecule has 0 spiro atoms. The highest BCUT2D eigenvalue weighted by Crippen LogP contribution is 2.01. The van der Waals surface area contributed by atoms with E-state index in [0.717, 1.165) is 0 Å². The molecule has 0 atom stereocenters. The van der Waals surface area contributed by atoms with E-state index in [1.165, 1.54) is 0 Å². The number of carbonyl (C=O) groups excluding carboxylic acids is 1. The van der Waals surface area contributed by atoms with Crippen LogP contribution in [0.3, 0.4) is 0 Å². The molecule has 3 N–H and O–H groups in total. The monoisotopic (exact) mass is 251 g/mol. The highest BCUT2D eigenvalue weighted by Gasteiger charge is 2.20. The first-order chi connectivity index (χ1) is 7.42. The van der Waals surface area contributed by atoms with Crippen molar-refractivity contribution in [2.24, 2.45) is 5.73 Å². The topological polar surface area (TPSA) is 104 Å². The van der Waals surface area contributed by atoms with Crippen LogP contribution >= 0.6 is 0 Å². The zero-order chi connectivity index (χ0) is 12.2. The molecule has 0 bridgehead atoms. The molecular weight excluding hydrogens is 234 g/mol. The van der Waals surface area contributed by atoms with Crippen molar-refractivity contribution in [2.75, 3.05) is 45.0 Å². The first kappa shape index (κ1) is 13.4. The third-order valence-corrected chi connectivity index (χ3v) is 3.26. The summed E-state index contributed by atoms with van der Waals surface area (Å²) in [5, 5.41) is 0. The van der Waals surface area contributed by atoms with Gasteiger partial charge >= 0.3 is 0 Å². The average molecular weight is 251 g/mol. The van der Waals surface area contributed by atoms with Crippen molar-refractivity contribution in [2.45, 2.75) is 0 Å². The van der Waals surface area contributed by atoms with Crippen molar-refractivity contribution in [3.63, 3.8) is 0 Å². The lowest BCUT2D eigenvalue weighted by molar-refractivity contribution is -0.131. The summed E-state index contributed by atoms with van der Waals surface area (Å²) < 4.78 is 29.7. The number of nitrogens with zero attached hydrogens (tertiary/aromatic N) is 2. The number of hydrogen-bond donors (Lipinski definition) is 2. The van der Waals surface area contributed by atoms with E-state index in [-0.39, 0.29) is 18.2 Å². The van der Waals surface area contributed by atoms with E-state index in [4.69, 9.17) is 10.3 Å². The molecule has 0 unspecified atom stereocenters. The summed E-state index contributed by atoms with van der Waals surface area (Å²) in [5.41, 5.74) is 5.24. The van der Waals surface area contributed by atoms with Crippen LogP contribution in [-0.2, 0) is 14.9 Å². The molecule has 0 aromatic carbocycles. The zero-order valence-corrected chi connectivity index (χ0v) is 9.82. The maximum Gasteiger partial charge on any atom is 0.266 e. The van der Waals surface area contributed by atoms with Crippen molar-refractivity contribution >= 4 is 16.0 Å². The molecule has 0 radical (unpaired) electrons. The van der Waals surface area contributed by atoms with Crippen molar-refractivity contribution in [1.29, 1.82) is 0 Å². The van der Waals surface area contributed by atoms with E-state index in [2.05, 4.69) is 0 Å². The predicted octanol–water partition coefficient (Wildman–Crippen LogP) is -2.02. The molecule has 1 aliphatic heterocycles. The smallest absolute Gasteiger partial charge is 0.266 e. The summed E-state index contributed by atoms with van der Waals surface area (Å²) in [6.07, 6.45) is 0. The van der Waals surface area contributed by atoms with Gasteiger partial charge in [-0.2, -0.15) is 8.42 Å². The summed E-state index contributed by atoms with van der Waals surface area (Å²) in [4.78, 5) is 14.8. The Labute approximate surface area is 94.9 Å². The molecular formula is C8H17N3O4S. The minimum Gasteiger partial charge on any atom is -0.339 e. The third kappa shape index (κ3) is 4.44. The lowest BCUT2D eigenvalue weighted by Gasteiger charge is -2.34. The van der Waals surface area contributed by atoms with Gasteiger partial charge in [-0.1, -0.05) is 0 Å². The van der Waals surface area contributed by atoms with Gasteiger partial charge in [0.1, 0.15) is 0 Å². The van der Waals surface area contributed by atoms with E-state index in [1.54, 1.807) is 4.90 Å². The van der Waals surface area contributed by atoms with E-state index in [9.17, 15) is 13.2 Å². The maximum absolute atomic E-state index is 11.2. The Morgan fingerprint density at radius 2 is 1.81 bits per heavy atom. The van der Waals surface area contributed by atoms with Gasteiger partial charge in [-0.15, -0.1) is 0 Å². The molecule has 0 aromatic heterocycles. The van der Waals surface area contributed by atoms with Crippen LogP contribution in [0.15, 0.2) is 0 Å². The Kier molecular flexibility index (Phi) is 4.66. The molecule has 0 aliphatic carbocycles. The van der Waals surface area contributed by atoms with Crippen LogP contribution in [0.25, 0.3) is 0 Å². The van der Waals surface area contributed by atoms with Crippen LogP contribution in [0.5, 0.6) is 0 Å². The summed E-state index contributed by atoms with van der Waals surface area (Å²) in [5.74, 6) is -0.355. The molecule has 1 amide bonds. The quantitative estimate of drug-likeness (QED) is 0.559. The van der Waals surface area contributed by atoms with Crippen LogP contribution in [0.4, 0.5) is 0 Å². The van der Waals surface area contributed by atoms with E-state index in [1.807, 2.05) is 4.90 Å². The van der Waals surface area contributed by atoms with Gasteiger partial charge in [0.15, 0.2) is 0 Å². The highest BCUT2D eigenvalue weighted by atomic mass is 32.2. The molecule has 0 aromatic rings. The fourth-order valence-electron chi connectivity index (χ4n) is 1.59. The van der Waals surface area contributed by atoms with Gasteiger partial charge in [-0.05, 0) is 0 Å². The van der Waals surface area contributed by atoms with Gasteiger partial charge in [0.2, 0.25) is 5.91 Å². The molecule has 8 heteroatoms. The Hall–Kier alpha value is -0.700. The van der Waals surface area contributed by atoms with Crippen molar-refractivity contribution in [3.8, 4) is 0 Å². The largest absolute Gasteiger partial charge is 0.339 e. The van der Waals surface area contributed by atoms with Gasteiger partial charge in [0.05, 0.1) is 12.3 Å². The van der Waals surface area contributed by atoms with Gasteiger partial charge in [0, 0.05) is 32.7 Å². The van der Waals surface area contributed by atoms with E-state index in [0.29, 0.717) is 32.7 Å². The predicted molar refractivity (Wildman–Crippen MR) is 58.5 cm³/mol. The molecule has 1 saturated heterocycles. The van der Waals surface area contributed by atoms with Crippen LogP contribution in [-0.4, -0.2) is 73.7 Å². The summed E-state index contributed by atoms with van der Waals surface area (Å²) in [6, 6.07) is 0. The Morgan fingerprint density at radius 1 is 1.25 bits per heavy atom. The minimum atomic E-state index is -3.90. The van der Waals surface area contributed by atoms with Crippen LogP contribution in [0, 0.1) is 0 Å². The van der Waals surface area contributed by atoms with Gasteiger partial charge in [0.25, 0.3) is 10.1 Å². The highest BCUT2D eigenvalue weighted by molar-refractivity contribution is 7.85. The number of carbonyl (C=O) groups is 1. The van der Waals surface area contributed by atoms with Gasteiger partial charge in [-0.3, -0.25) is 14.2 Å². The first-order valence-electron chi connectivity index (χ1n) is 5.08. The molecule has 0 saturated carbocycles. The Bertz CT molecular complexity index is 335. The third-order valence-electron chi connectivity index (χ3n) is 2.57. The van der Waals surface area contributed by atoms with Crippen LogP contribution < -0.4 is 5.73 Å². The van der Waals surface area contributed by atoms with E-state index < -0.39 is 10.1 Å². The SMILES string of the molecule is NCC(=O)N1CCN(CCS(=O)(=O)O)CC1. The fourth-order valence-corrected chi connectivity index (χ4v) is 2.08. The molecule has 16 heavy (non-hydrogen) atoms. The zero-order valence-electron chi connectivity index (χ0n) is 9.00. The Balaban J connectivity index is 2.30. The average Bonchev–Trinajstić information content (AvgIpc) is 2.25. The molecule has 94 valence electrons. The molecule has 1 aliphatic rings. The molecule has 1 fully saturated rings. The molecule has 7 nitrogen and oxygen atoms in total. The van der Waals surface area contributed by atoms with Crippen LogP contribution in [0.1, 0.15) is 0 Å². The van der Waals surface area contributed by atoms with Crippen molar-refractivity contribution in [3.05, 3.63) is 0 Å². The Morgan fingerprint density at radius 3 is 2.25 bits per heavy atom. The van der Waals surface area contributed by atoms with Gasteiger partial charge in [-0.25, -0.2) is 0 Å². The van der Waals surface area contributed by atoms with Crippen molar-refractivity contribution in [1.82, 2.24) is 9.80 Å². The number of amides is 1. The standard InChI is InChI=1S/C8H17N3O4S/c9-7-8(12)11-3-1-10(2-4-11)5-6-16(13,14)15/h1-7,9H2,(H,13,14,15). The van der Waals surface area contributed by atoms with Gasteiger partial charge < -0.3 is 10.6 Å². The number of nitrogens with two attached hydrogens (primary N) is 1. The minimum absolute atomic E-state index is 0.00498. The maximum atomic E-state index is 11.2. The fraction of sp³-hybridized carbons (Fsp3) is 0.875. The summed E-state index contributed by atoms with van der Waals surface area (Å²) in [6.45, 7) is 2.64. The number of rotatable bonds is 4. The lowest BCUT2D eigenvalue weighted by atomic mass is 10.3. The lowest BCUT2D eigenvalue weighted by Crippen LogP contribution is -2.51. The van der Waals surface area contributed by atoms with E-state index >= 15 is 0 Å². The summed E-state index contributed by atoms with van der Waals surface area (Å²) >= 11 is 0. The molecule has 1 heterocycles. The second kappa shape index (κ2) is 5.58. The number of piperazine rings is 1. The van der Waals surface area contributed by atoms with Crippen molar-refractivity contribution < 1.29 is 17.8 Å². The second-order valence-corrected chi connectivity index (χ2v) is 5.28. The number of hydrogen-bond acceptors (Lipinski definition) is 5. The molecule has 1 rings (SSSR count). The summed E-state index contributed by atoms with van der Waals surface area (Å²) in [7, 11) is -3.90. The van der Waals surface area contributed by atoms with Crippen LogP contribution in [0.2, 0.25) is 0 Å². The first-order valence-corrected chi connectivity index (χ1v) is 6.68. The second-order valence-electron chi connectivity index (χ2n) is 3.71. The normalized spacial score (nSPS) is 18.8.